The fraction of sp³-hybridized carbons (Fsp3) is 0.474. The van der Waals surface area contributed by atoms with Crippen LogP contribution in [0.4, 0.5) is 0 Å². The zero-order valence-electron chi connectivity index (χ0n) is 15.7. The normalized spacial score (nSPS) is 16.6. The van der Waals surface area contributed by atoms with Gasteiger partial charge >= 0.3 is 5.97 Å². The van der Waals surface area contributed by atoms with Crippen molar-refractivity contribution in [3.63, 3.8) is 0 Å². The number of nitrogens with one attached hydrogen (secondary N) is 2. The Morgan fingerprint density at radius 3 is 2.65 bits per heavy atom. The molecule has 0 fully saturated rings. The molecule has 1 aliphatic rings. The maximum atomic E-state index is 12.7. The molecule has 0 amide bonds. The van der Waals surface area contributed by atoms with Gasteiger partial charge in [0.2, 0.25) is 0 Å². The van der Waals surface area contributed by atoms with Crippen molar-refractivity contribution >= 4 is 23.3 Å². The minimum absolute atomic E-state index is 0.357. The first-order valence-electron chi connectivity index (χ1n) is 8.69. The Morgan fingerprint density at radius 2 is 2.00 bits per heavy atom. The van der Waals surface area contributed by atoms with E-state index in [4.69, 9.17) is 26.4 Å². The molecule has 1 aromatic carbocycles. The second kappa shape index (κ2) is 9.43. The average molecular weight is 378 g/mol. The molecule has 0 aromatic heterocycles. The van der Waals surface area contributed by atoms with Crippen molar-refractivity contribution in [3.8, 4) is 11.5 Å². The summed E-state index contributed by atoms with van der Waals surface area (Å²) >= 11 is 5.28. The fourth-order valence-electron chi connectivity index (χ4n) is 2.85. The first-order valence-corrected chi connectivity index (χ1v) is 9.10. The van der Waals surface area contributed by atoms with Crippen LogP contribution in [0.3, 0.4) is 0 Å². The highest BCUT2D eigenvalue weighted by Crippen LogP contribution is 2.35. The van der Waals surface area contributed by atoms with Gasteiger partial charge in [-0.05, 0) is 37.7 Å². The highest BCUT2D eigenvalue weighted by Gasteiger charge is 2.32. The van der Waals surface area contributed by atoms with Crippen molar-refractivity contribution in [2.45, 2.75) is 39.2 Å². The van der Waals surface area contributed by atoms with Gasteiger partial charge in [-0.25, -0.2) is 4.79 Å². The van der Waals surface area contributed by atoms with E-state index < -0.39 is 6.04 Å². The number of carbonyl (C=O) groups excluding carboxylic acids is 1. The summed E-state index contributed by atoms with van der Waals surface area (Å²) < 4.78 is 16.2. The maximum absolute atomic E-state index is 12.7. The molecule has 1 unspecified atom stereocenters. The van der Waals surface area contributed by atoms with Gasteiger partial charge < -0.3 is 24.8 Å². The molecule has 1 aromatic rings. The van der Waals surface area contributed by atoms with E-state index in [1.807, 2.05) is 19.1 Å². The van der Waals surface area contributed by atoms with Crippen LogP contribution in [-0.2, 0) is 9.53 Å². The number of carbonyl (C=O) groups is 1. The molecule has 1 heterocycles. The molecule has 0 radical (unpaired) electrons. The third-order valence-electron chi connectivity index (χ3n) is 4.22. The van der Waals surface area contributed by atoms with E-state index in [-0.39, 0.29) is 5.97 Å². The number of allylic oxidation sites excluding steroid dienone is 1. The number of thiocarbonyl (C=S) groups is 1. The second-order valence-electron chi connectivity index (χ2n) is 6.02. The number of unbranched alkanes of at least 4 members (excludes halogenated alkanes) is 2. The predicted molar refractivity (Wildman–Crippen MR) is 104 cm³/mol. The number of benzene rings is 1. The van der Waals surface area contributed by atoms with Gasteiger partial charge in [-0.1, -0.05) is 19.8 Å². The molecule has 2 rings (SSSR count). The highest BCUT2D eigenvalue weighted by molar-refractivity contribution is 7.80. The van der Waals surface area contributed by atoms with Crippen molar-refractivity contribution in [2.24, 2.45) is 0 Å². The molecule has 2 N–H and O–H groups in total. The number of esters is 1. The summed E-state index contributed by atoms with van der Waals surface area (Å²) in [4.78, 5) is 12.7. The summed E-state index contributed by atoms with van der Waals surface area (Å²) in [7, 11) is 3.17. The Hall–Kier alpha value is -2.28. The summed E-state index contributed by atoms with van der Waals surface area (Å²) in [5.74, 6) is 0.922. The number of ether oxygens (including phenoxy) is 3. The van der Waals surface area contributed by atoms with Gasteiger partial charge in [0.1, 0.15) is 11.5 Å². The van der Waals surface area contributed by atoms with Gasteiger partial charge in [-0.15, -0.1) is 0 Å². The van der Waals surface area contributed by atoms with Crippen LogP contribution >= 0.6 is 12.2 Å². The number of rotatable bonds is 8. The molecule has 26 heavy (non-hydrogen) atoms. The molecule has 0 saturated heterocycles. The van der Waals surface area contributed by atoms with Gasteiger partial charge in [0.15, 0.2) is 5.11 Å². The SMILES string of the molecule is CCCCCOC(=O)C1=C(C)NC(=S)NC1c1ccc(OC)cc1OC. The Balaban J connectivity index is 2.33. The first-order chi connectivity index (χ1) is 12.5. The van der Waals surface area contributed by atoms with Crippen LogP contribution in [-0.4, -0.2) is 31.9 Å². The molecule has 0 spiro atoms. The van der Waals surface area contributed by atoms with Crippen LogP contribution in [0.15, 0.2) is 29.5 Å². The van der Waals surface area contributed by atoms with Crippen LogP contribution in [0.25, 0.3) is 0 Å². The Kier molecular flexibility index (Phi) is 7.26. The van der Waals surface area contributed by atoms with E-state index in [1.165, 1.54) is 0 Å². The van der Waals surface area contributed by atoms with E-state index in [2.05, 4.69) is 17.6 Å². The van der Waals surface area contributed by atoms with Gasteiger partial charge in [0.05, 0.1) is 32.4 Å². The third kappa shape index (κ3) is 4.66. The van der Waals surface area contributed by atoms with E-state index in [9.17, 15) is 4.79 Å². The highest BCUT2D eigenvalue weighted by atomic mass is 32.1. The van der Waals surface area contributed by atoms with E-state index in [1.54, 1.807) is 20.3 Å². The molecular formula is C19H26N2O4S. The molecule has 7 heteroatoms. The Morgan fingerprint density at radius 1 is 1.23 bits per heavy atom. The lowest BCUT2D eigenvalue weighted by atomic mass is 9.94. The lowest BCUT2D eigenvalue weighted by Crippen LogP contribution is -2.45. The predicted octanol–water partition coefficient (Wildman–Crippen LogP) is 3.23. The Bertz CT molecular complexity index is 703. The zero-order valence-corrected chi connectivity index (χ0v) is 16.5. The van der Waals surface area contributed by atoms with Crippen molar-refractivity contribution in [3.05, 3.63) is 35.0 Å². The second-order valence-corrected chi connectivity index (χ2v) is 6.43. The Labute approximate surface area is 159 Å². The van der Waals surface area contributed by atoms with Gasteiger partial charge in [0.25, 0.3) is 0 Å². The van der Waals surface area contributed by atoms with Gasteiger partial charge in [0, 0.05) is 17.3 Å². The summed E-state index contributed by atoms with van der Waals surface area (Å²) in [6.45, 7) is 4.33. The van der Waals surface area contributed by atoms with Crippen LogP contribution < -0.4 is 20.1 Å². The number of hydrogen-bond acceptors (Lipinski definition) is 5. The first kappa shape index (κ1) is 20.0. The van der Waals surface area contributed by atoms with Crippen LogP contribution in [0.5, 0.6) is 11.5 Å². The summed E-state index contributed by atoms with van der Waals surface area (Å²) in [6.07, 6.45) is 2.95. The van der Waals surface area contributed by atoms with Gasteiger partial charge in [-0.2, -0.15) is 0 Å². The third-order valence-corrected chi connectivity index (χ3v) is 4.44. The lowest BCUT2D eigenvalue weighted by Gasteiger charge is -2.30. The fourth-order valence-corrected chi connectivity index (χ4v) is 3.12. The molecule has 0 aliphatic carbocycles. The number of methoxy groups -OCH3 is 2. The molecule has 0 saturated carbocycles. The van der Waals surface area contributed by atoms with Crippen molar-refractivity contribution in [1.29, 1.82) is 0 Å². The van der Waals surface area contributed by atoms with Crippen molar-refractivity contribution < 1.29 is 19.0 Å². The monoisotopic (exact) mass is 378 g/mol. The minimum atomic E-state index is -0.455. The standard InChI is InChI=1S/C19H26N2O4S/c1-5-6-7-10-25-18(22)16-12(2)20-19(26)21-17(16)14-9-8-13(23-3)11-15(14)24-4/h8-9,11,17H,5-7,10H2,1-4H3,(H2,20,21,26). The smallest absolute Gasteiger partial charge is 0.338 e. The minimum Gasteiger partial charge on any atom is -0.497 e. The van der Waals surface area contributed by atoms with Gasteiger partial charge in [-0.3, -0.25) is 0 Å². The number of hydrogen-bond donors (Lipinski definition) is 2. The quantitative estimate of drug-likeness (QED) is 0.409. The van der Waals surface area contributed by atoms with Crippen LogP contribution in [0, 0.1) is 0 Å². The van der Waals surface area contributed by atoms with E-state index in [0.29, 0.717) is 34.5 Å². The summed E-state index contributed by atoms with van der Waals surface area (Å²) in [5.41, 5.74) is 1.97. The van der Waals surface area contributed by atoms with Crippen LogP contribution in [0.2, 0.25) is 0 Å². The van der Waals surface area contributed by atoms with E-state index in [0.717, 1.165) is 24.8 Å². The molecule has 6 nitrogen and oxygen atoms in total. The summed E-state index contributed by atoms with van der Waals surface area (Å²) in [6, 6.07) is 5.01. The molecule has 142 valence electrons. The topological polar surface area (TPSA) is 68.8 Å². The maximum Gasteiger partial charge on any atom is 0.338 e. The zero-order chi connectivity index (χ0) is 19.1. The molecule has 0 bridgehead atoms. The van der Waals surface area contributed by atoms with Crippen molar-refractivity contribution in [1.82, 2.24) is 10.6 Å². The average Bonchev–Trinajstić information content (AvgIpc) is 2.63. The lowest BCUT2D eigenvalue weighted by molar-refractivity contribution is -0.139. The summed E-state index contributed by atoms with van der Waals surface area (Å²) in [5, 5.41) is 6.61. The molecule has 1 aliphatic heterocycles. The van der Waals surface area contributed by atoms with Crippen LogP contribution in [0.1, 0.15) is 44.7 Å². The largest absolute Gasteiger partial charge is 0.497 e. The van der Waals surface area contributed by atoms with Crippen molar-refractivity contribution in [2.75, 3.05) is 20.8 Å². The van der Waals surface area contributed by atoms with E-state index >= 15 is 0 Å². The molecular weight excluding hydrogens is 352 g/mol. The molecule has 1 atom stereocenters.